The van der Waals surface area contributed by atoms with Gasteiger partial charge in [0.2, 0.25) is 0 Å². The molecule has 7 heteroatoms. The molecule has 5 rings (SSSR count). The van der Waals surface area contributed by atoms with Gasteiger partial charge in [-0.15, -0.1) is 0 Å². The molecule has 0 spiro atoms. The second-order valence-electron chi connectivity index (χ2n) is 7.69. The van der Waals surface area contributed by atoms with Gasteiger partial charge in [0.1, 0.15) is 17.6 Å². The topological polar surface area (TPSA) is 54.2 Å². The van der Waals surface area contributed by atoms with Crippen molar-refractivity contribution in [1.82, 2.24) is 20.2 Å². The smallest absolute Gasteiger partial charge is 0.170 e. The molecule has 32 heavy (non-hydrogen) atoms. The van der Waals surface area contributed by atoms with Crippen molar-refractivity contribution < 1.29 is 4.42 Å². The number of halogens is 1. The largest absolute Gasteiger partial charge is 0.459 e. The Labute approximate surface area is 197 Å². The van der Waals surface area contributed by atoms with Crippen molar-refractivity contribution in [2.45, 2.75) is 25.6 Å². The molecule has 1 N–H and O–H groups in total. The van der Waals surface area contributed by atoms with Gasteiger partial charge in [0.25, 0.3) is 0 Å². The SMILES string of the molecule is Cc1c(Cl)cccc1-c1ccc([C@@H]2[C@@H](c3ccccn3)NC(=S)N2Cc2ccccn2)o1. The Bertz CT molecular complexity index is 1250. The fourth-order valence-corrected chi connectivity index (χ4v) is 4.56. The number of hydrogen-bond donors (Lipinski definition) is 1. The zero-order valence-electron chi connectivity index (χ0n) is 17.4. The number of thiocarbonyl (C=S) groups is 1. The molecule has 0 aliphatic carbocycles. The summed E-state index contributed by atoms with van der Waals surface area (Å²) in [4.78, 5) is 11.2. The third kappa shape index (κ3) is 3.87. The highest BCUT2D eigenvalue weighted by molar-refractivity contribution is 7.80. The van der Waals surface area contributed by atoms with Crippen molar-refractivity contribution in [2.24, 2.45) is 0 Å². The van der Waals surface area contributed by atoms with E-state index in [1.165, 1.54) is 0 Å². The number of nitrogens with one attached hydrogen (secondary N) is 1. The van der Waals surface area contributed by atoms with Crippen LogP contribution in [0.3, 0.4) is 0 Å². The standard InChI is InChI=1S/C25H21ClN4OS/c1-16-18(8-6-9-19(16)26)21-11-12-22(31-21)24-23(20-10-3-5-14-28-20)29-25(32)30(24)15-17-7-2-4-13-27-17/h2-14,23-24H,15H2,1H3,(H,29,32)/t23-,24-/m1/s1. The third-order valence-electron chi connectivity index (χ3n) is 5.71. The Balaban J connectivity index is 1.56. The van der Waals surface area contributed by atoms with Crippen LogP contribution in [0.2, 0.25) is 5.02 Å². The van der Waals surface area contributed by atoms with Gasteiger partial charge in [-0.25, -0.2) is 0 Å². The normalized spacial score (nSPS) is 18.1. The molecule has 0 amide bonds. The lowest BCUT2D eigenvalue weighted by Gasteiger charge is -2.25. The van der Waals surface area contributed by atoms with E-state index in [2.05, 4.69) is 20.2 Å². The van der Waals surface area contributed by atoms with Crippen LogP contribution in [0.25, 0.3) is 11.3 Å². The van der Waals surface area contributed by atoms with Gasteiger partial charge in [-0.1, -0.05) is 35.9 Å². The molecule has 4 aromatic rings. The summed E-state index contributed by atoms with van der Waals surface area (Å²) in [5, 5.41) is 4.81. The van der Waals surface area contributed by atoms with Gasteiger partial charge >= 0.3 is 0 Å². The van der Waals surface area contributed by atoms with Gasteiger partial charge in [-0.3, -0.25) is 9.97 Å². The van der Waals surface area contributed by atoms with Crippen LogP contribution in [-0.4, -0.2) is 20.0 Å². The maximum atomic E-state index is 6.41. The van der Waals surface area contributed by atoms with E-state index < -0.39 is 0 Å². The Morgan fingerprint density at radius 2 is 1.81 bits per heavy atom. The molecule has 1 saturated heterocycles. The summed E-state index contributed by atoms with van der Waals surface area (Å²) in [5.41, 5.74) is 3.80. The van der Waals surface area contributed by atoms with Crippen LogP contribution in [0.1, 0.15) is 34.8 Å². The first kappa shape index (κ1) is 20.7. The highest BCUT2D eigenvalue weighted by Gasteiger charge is 2.41. The maximum absolute atomic E-state index is 6.41. The number of aromatic nitrogens is 2. The van der Waals surface area contributed by atoms with Gasteiger partial charge in [-0.05, 0) is 67.2 Å². The van der Waals surface area contributed by atoms with Gasteiger partial charge < -0.3 is 14.6 Å². The minimum Gasteiger partial charge on any atom is -0.459 e. The summed E-state index contributed by atoms with van der Waals surface area (Å²) >= 11 is 12.1. The van der Waals surface area contributed by atoms with E-state index in [0.29, 0.717) is 16.7 Å². The lowest BCUT2D eigenvalue weighted by molar-refractivity contribution is 0.267. The third-order valence-corrected chi connectivity index (χ3v) is 6.47. The summed E-state index contributed by atoms with van der Waals surface area (Å²) in [5.74, 6) is 1.58. The van der Waals surface area contributed by atoms with Crippen molar-refractivity contribution in [3.05, 3.63) is 107 Å². The highest BCUT2D eigenvalue weighted by Crippen LogP contribution is 2.41. The number of pyridine rings is 2. The highest BCUT2D eigenvalue weighted by atomic mass is 35.5. The van der Waals surface area contributed by atoms with Gasteiger partial charge in [0.15, 0.2) is 5.11 Å². The monoisotopic (exact) mass is 460 g/mol. The van der Waals surface area contributed by atoms with E-state index in [1.54, 1.807) is 12.4 Å². The average molecular weight is 461 g/mol. The van der Waals surface area contributed by atoms with Crippen molar-refractivity contribution in [2.75, 3.05) is 0 Å². The predicted octanol–water partition coefficient (Wildman–Crippen LogP) is 5.87. The number of furan rings is 1. The summed E-state index contributed by atoms with van der Waals surface area (Å²) in [6.07, 6.45) is 3.58. The van der Waals surface area contributed by atoms with Gasteiger partial charge in [0.05, 0.1) is 24.0 Å². The Morgan fingerprint density at radius 3 is 2.56 bits per heavy atom. The number of rotatable bonds is 5. The van der Waals surface area contributed by atoms with E-state index in [4.69, 9.17) is 28.2 Å². The molecular weight excluding hydrogens is 440 g/mol. The first-order valence-electron chi connectivity index (χ1n) is 10.3. The fraction of sp³-hybridized carbons (Fsp3) is 0.160. The van der Waals surface area contributed by atoms with Crippen LogP contribution >= 0.6 is 23.8 Å². The van der Waals surface area contributed by atoms with Crippen LogP contribution in [0, 0.1) is 6.92 Å². The maximum Gasteiger partial charge on any atom is 0.170 e. The molecule has 1 fully saturated rings. The second-order valence-corrected chi connectivity index (χ2v) is 8.48. The van der Waals surface area contributed by atoms with Crippen LogP contribution in [0.4, 0.5) is 0 Å². The van der Waals surface area contributed by atoms with E-state index in [-0.39, 0.29) is 12.1 Å². The van der Waals surface area contributed by atoms with E-state index in [1.807, 2.05) is 73.7 Å². The molecule has 0 radical (unpaired) electrons. The molecular formula is C25H21ClN4OS. The summed E-state index contributed by atoms with van der Waals surface area (Å²) < 4.78 is 6.41. The molecule has 2 atom stereocenters. The minimum absolute atomic E-state index is 0.146. The number of benzene rings is 1. The lowest BCUT2D eigenvalue weighted by atomic mass is 10.0. The number of hydrogen-bond acceptors (Lipinski definition) is 4. The molecule has 1 aromatic carbocycles. The molecule has 1 aliphatic heterocycles. The summed E-state index contributed by atoms with van der Waals surface area (Å²) in [6.45, 7) is 2.56. The molecule has 160 valence electrons. The molecule has 0 bridgehead atoms. The molecule has 0 unspecified atom stereocenters. The lowest BCUT2D eigenvalue weighted by Crippen LogP contribution is -2.29. The summed E-state index contributed by atoms with van der Waals surface area (Å²) in [6, 6.07) is 21.3. The fourth-order valence-electron chi connectivity index (χ4n) is 4.08. The van der Waals surface area contributed by atoms with Crippen LogP contribution < -0.4 is 5.32 Å². The molecule has 3 aromatic heterocycles. The van der Waals surface area contributed by atoms with Gasteiger partial charge in [-0.2, -0.15) is 0 Å². The second kappa shape index (κ2) is 8.73. The van der Waals surface area contributed by atoms with Crippen LogP contribution in [0.5, 0.6) is 0 Å². The van der Waals surface area contributed by atoms with Crippen LogP contribution in [0.15, 0.2) is 83.5 Å². The molecule has 0 saturated carbocycles. The molecule has 4 heterocycles. The van der Waals surface area contributed by atoms with Crippen LogP contribution in [-0.2, 0) is 6.54 Å². The van der Waals surface area contributed by atoms with Crippen molar-refractivity contribution in [3.63, 3.8) is 0 Å². The quantitative estimate of drug-likeness (QED) is 0.376. The van der Waals surface area contributed by atoms with Crippen molar-refractivity contribution >= 4 is 28.9 Å². The number of nitrogens with zero attached hydrogens (tertiary/aromatic N) is 3. The van der Waals surface area contributed by atoms with E-state index >= 15 is 0 Å². The average Bonchev–Trinajstić information content (AvgIpc) is 3.42. The van der Waals surface area contributed by atoms with E-state index in [0.717, 1.165) is 34.0 Å². The van der Waals surface area contributed by atoms with E-state index in [9.17, 15) is 0 Å². The Hall–Kier alpha value is -3.22. The van der Waals surface area contributed by atoms with Crippen molar-refractivity contribution in [3.8, 4) is 11.3 Å². The summed E-state index contributed by atoms with van der Waals surface area (Å²) in [7, 11) is 0. The zero-order valence-corrected chi connectivity index (χ0v) is 19.0. The Kier molecular flexibility index (Phi) is 5.64. The first-order valence-corrected chi connectivity index (χ1v) is 11.1. The Morgan fingerprint density at radius 1 is 1.00 bits per heavy atom. The molecule has 1 aliphatic rings. The van der Waals surface area contributed by atoms with Crippen molar-refractivity contribution in [1.29, 1.82) is 0 Å². The predicted molar refractivity (Wildman–Crippen MR) is 129 cm³/mol. The zero-order chi connectivity index (χ0) is 22.1. The first-order chi connectivity index (χ1) is 15.6. The molecule has 5 nitrogen and oxygen atoms in total. The minimum atomic E-state index is -0.173. The van der Waals surface area contributed by atoms with Gasteiger partial charge in [0, 0.05) is 23.0 Å².